The van der Waals surface area contributed by atoms with Crippen LogP contribution in [0.4, 0.5) is 5.13 Å². The molecule has 0 saturated heterocycles. The van der Waals surface area contributed by atoms with Gasteiger partial charge in [-0.3, -0.25) is 10.1 Å². The Labute approximate surface area is 120 Å². The van der Waals surface area contributed by atoms with E-state index in [1.807, 2.05) is 24.3 Å². The largest absolute Gasteiger partial charge is 0.480 e. The number of carbonyl (C=O) groups is 1. The molecule has 2 aliphatic rings. The standard InChI is InChI=1S/C15H14N2O2S/c18-14(12-8-9-4-1-2-6-11(9)19-12)17-15-16-10-5-3-7-13(10)20-15/h1-2,4,6,12H,3,5,7-8H2,(H,16,17,18)/t12-/m1/s1. The van der Waals surface area contributed by atoms with Gasteiger partial charge in [-0.1, -0.05) is 18.2 Å². The van der Waals surface area contributed by atoms with E-state index in [1.54, 1.807) is 11.3 Å². The molecule has 1 aliphatic heterocycles. The van der Waals surface area contributed by atoms with Crippen LogP contribution in [0.2, 0.25) is 0 Å². The average molecular weight is 286 g/mol. The van der Waals surface area contributed by atoms with E-state index in [9.17, 15) is 4.79 Å². The number of para-hydroxylation sites is 1. The first-order valence-electron chi connectivity index (χ1n) is 6.83. The number of amides is 1. The fraction of sp³-hybridized carbons (Fsp3) is 0.333. The quantitative estimate of drug-likeness (QED) is 0.923. The van der Waals surface area contributed by atoms with Crippen molar-refractivity contribution in [1.82, 2.24) is 4.98 Å². The lowest BCUT2D eigenvalue weighted by atomic mass is 10.1. The molecule has 1 N–H and O–H groups in total. The highest BCUT2D eigenvalue weighted by molar-refractivity contribution is 7.15. The molecule has 0 radical (unpaired) electrons. The zero-order valence-corrected chi connectivity index (χ0v) is 11.7. The van der Waals surface area contributed by atoms with Crippen LogP contribution in [0.5, 0.6) is 5.75 Å². The summed E-state index contributed by atoms with van der Waals surface area (Å²) in [6, 6.07) is 7.79. The zero-order chi connectivity index (χ0) is 13.5. The highest BCUT2D eigenvalue weighted by atomic mass is 32.1. The van der Waals surface area contributed by atoms with Crippen LogP contribution in [0, 0.1) is 0 Å². The number of rotatable bonds is 2. The first kappa shape index (κ1) is 11.9. The number of ether oxygens (including phenoxy) is 1. The third-order valence-corrected chi connectivity index (χ3v) is 4.84. The van der Waals surface area contributed by atoms with Gasteiger partial charge in [-0.05, 0) is 30.9 Å². The minimum absolute atomic E-state index is 0.103. The Hall–Kier alpha value is -1.88. The third kappa shape index (κ3) is 1.98. The summed E-state index contributed by atoms with van der Waals surface area (Å²) < 4.78 is 5.68. The topological polar surface area (TPSA) is 51.2 Å². The number of benzene rings is 1. The fourth-order valence-corrected chi connectivity index (χ4v) is 3.81. The Kier molecular flexibility index (Phi) is 2.73. The summed E-state index contributed by atoms with van der Waals surface area (Å²) in [6.45, 7) is 0. The molecule has 0 spiro atoms. The first-order valence-corrected chi connectivity index (χ1v) is 7.65. The number of aryl methyl sites for hydroxylation is 2. The van der Waals surface area contributed by atoms with Gasteiger partial charge in [0.2, 0.25) is 0 Å². The van der Waals surface area contributed by atoms with Crippen molar-refractivity contribution in [2.45, 2.75) is 31.8 Å². The Morgan fingerprint density at radius 3 is 3.10 bits per heavy atom. The normalized spacial score (nSPS) is 19.3. The summed E-state index contributed by atoms with van der Waals surface area (Å²) in [5, 5.41) is 3.60. The molecular formula is C15H14N2O2S. The molecule has 0 saturated carbocycles. The number of thiazole rings is 1. The van der Waals surface area contributed by atoms with Gasteiger partial charge in [-0.2, -0.15) is 0 Å². The summed E-state index contributed by atoms with van der Waals surface area (Å²) in [5.74, 6) is 0.711. The van der Waals surface area contributed by atoms with E-state index >= 15 is 0 Å². The number of carbonyl (C=O) groups excluding carboxylic acids is 1. The lowest BCUT2D eigenvalue weighted by Crippen LogP contribution is -2.31. The Morgan fingerprint density at radius 1 is 1.35 bits per heavy atom. The van der Waals surface area contributed by atoms with Crippen LogP contribution in [0.15, 0.2) is 24.3 Å². The van der Waals surface area contributed by atoms with E-state index in [-0.39, 0.29) is 5.91 Å². The maximum absolute atomic E-state index is 12.2. The first-order chi connectivity index (χ1) is 9.79. The van der Waals surface area contributed by atoms with Crippen molar-refractivity contribution in [2.24, 2.45) is 0 Å². The molecule has 1 atom stereocenters. The van der Waals surface area contributed by atoms with Gasteiger partial charge >= 0.3 is 0 Å². The van der Waals surface area contributed by atoms with Crippen LogP contribution in [-0.2, 0) is 24.1 Å². The van der Waals surface area contributed by atoms with E-state index in [2.05, 4.69) is 10.3 Å². The van der Waals surface area contributed by atoms with Crippen LogP contribution in [0.25, 0.3) is 0 Å². The maximum Gasteiger partial charge on any atom is 0.267 e. The molecule has 0 unspecified atom stereocenters. The number of anilines is 1. The summed E-state index contributed by atoms with van der Waals surface area (Å²) in [7, 11) is 0. The van der Waals surface area contributed by atoms with Gasteiger partial charge in [0.05, 0.1) is 5.69 Å². The predicted octanol–water partition coefficient (Wildman–Crippen LogP) is 2.57. The highest BCUT2D eigenvalue weighted by Gasteiger charge is 2.29. The second kappa shape index (κ2) is 4.59. The van der Waals surface area contributed by atoms with Crippen molar-refractivity contribution in [3.05, 3.63) is 40.4 Å². The van der Waals surface area contributed by atoms with Crippen LogP contribution in [-0.4, -0.2) is 17.0 Å². The monoisotopic (exact) mass is 286 g/mol. The molecule has 102 valence electrons. The fourth-order valence-electron chi connectivity index (χ4n) is 2.76. The van der Waals surface area contributed by atoms with Crippen molar-refractivity contribution in [2.75, 3.05) is 5.32 Å². The predicted molar refractivity (Wildman–Crippen MR) is 77.3 cm³/mol. The smallest absolute Gasteiger partial charge is 0.267 e. The van der Waals surface area contributed by atoms with Gasteiger partial charge in [0.25, 0.3) is 5.91 Å². The number of nitrogens with zero attached hydrogens (tertiary/aromatic N) is 1. The van der Waals surface area contributed by atoms with Crippen LogP contribution < -0.4 is 10.1 Å². The van der Waals surface area contributed by atoms with Gasteiger partial charge in [0.15, 0.2) is 11.2 Å². The van der Waals surface area contributed by atoms with Gasteiger partial charge in [0, 0.05) is 11.3 Å². The van der Waals surface area contributed by atoms with E-state index in [0.717, 1.165) is 29.8 Å². The second-order valence-corrected chi connectivity index (χ2v) is 6.23. The van der Waals surface area contributed by atoms with Gasteiger partial charge in [0.1, 0.15) is 5.75 Å². The average Bonchev–Trinajstić information content (AvgIpc) is 3.10. The zero-order valence-electron chi connectivity index (χ0n) is 10.9. The van der Waals surface area contributed by atoms with E-state index < -0.39 is 6.10 Å². The minimum atomic E-state index is -0.439. The van der Waals surface area contributed by atoms with Crippen molar-refractivity contribution >= 4 is 22.4 Å². The molecule has 20 heavy (non-hydrogen) atoms. The van der Waals surface area contributed by atoms with Gasteiger partial charge in [-0.15, -0.1) is 11.3 Å². The molecule has 0 bridgehead atoms. The summed E-state index contributed by atoms with van der Waals surface area (Å²) in [6.07, 6.45) is 3.50. The van der Waals surface area contributed by atoms with Crippen LogP contribution >= 0.6 is 11.3 Å². The molecule has 2 aromatic rings. The molecule has 5 heteroatoms. The van der Waals surface area contributed by atoms with Crippen LogP contribution in [0.1, 0.15) is 22.6 Å². The SMILES string of the molecule is O=C(Nc1nc2c(s1)CCC2)[C@H]1Cc2ccccc2O1. The van der Waals surface area contributed by atoms with E-state index in [1.165, 1.54) is 11.3 Å². The molecule has 1 aromatic carbocycles. The minimum Gasteiger partial charge on any atom is -0.480 e. The third-order valence-electron chi connectivity index (χ3n) is 3.77. The molecule has 4 nitrogen and oxygen atoms in total. The Bertz CT molecular complexity index is 634. The van der Waals surface area contributed by atoms with Crippen LogP contribution in [0.3, 0.4) is 0 Å². The summed E-state index contributed by atoms with van der Waals surface area (Å²) in [4.78, 5) is 18.0. The molecule has 0 fully saturated rings. The van der Waals surface area contributed by atoms with Crippen molar-refractivity contribution in [3.8, 4) is 5.75 Å². The molecule has 2 heterocycles. The summed E-state index contributed by atoms with van der Waals surface area (Å²) >= 11 is 1.59. The lowest BCUT2D eigenvalue weighted by molar-refractivity contribution is -0.122. The van der Waals surface area contributed by atoms with Gasteiger partial charge in [-0.25, -0.2) is 4.98 Å². The summed E-state index contributed by atoms with van der Waals surface area (Å²) in [5.41, 5.74) is 2.25. The van der Waals surface area contributed by atoms with E-state index in [4.69, 9.17) is 4.74 Å². The van der Waals surface area contributed by atoms with Crippen molar-refractivity contribution in [3.63, 3.8) is 0 Å². The molecule has 4 rings (SSSR count). The molecule has 1 aromatic heterocycles. The van der Waals surface area contributed by atoms with Gasteiger partial charge < -0.3 is 4.74 Å². The number of nitrogens with one attached hydrogen (secondary N) is 1. The molecule has 1 amide bonds. The maximum atomic E-state index is 12.2. The van der Waals surface area contributed by atoms with E-state index in [0.29, 0.717) is 11.6 Å². The van der Waals surface area contributed by atoms with Crippen molar-refractivity contribution in [1.29, 1.82) is 0 Å². The lowest BCUT2D eigenvalue weighted by Gasteiger charge is -2.09. The number of hydrogen-bond acceptors (Lipinski definition) is 4. The second-order valence-electron chi connectivity index (χ2n) is 5.15. The van der Waals surface area contributed by atoms with Crippen molar-refractivity contribution < 1.29 is 9.53 Å². The molecular weight excluding hydrogens is 272 g/mol. The number of aromatic nitrogens is 1. The molecule has 1 aliphatic carbocycles. The Balaban J connectivity index is 1.46. The highest BCUT2D eigenvalue weighted by Crippen LogP contribution is 2.32. The number of hydrogen-bond donors (Lipinski definition) is 1. The number of fused-ring (bicyclic) bond motifs is 2. The Morgan fingerprint density at radius 2 is 2.25 bits per heavy atom.